The third-order valence-corrected chi connectivity index (χ3v) is 8.01. The minimum atomic E-state index is -3.56. The van der Waals surface area contributed by atoms with Gasteiger partial charge in [-0.1, -0.05) is 24.3 Å². The zero-order valence-corrected chi connectivity index (χ0v) is 20.7. The quantitative estimate of drug-likeness (QED) is 0.550. The second-order valence-corrected chi connectivity index (χ2v) is 10.2. The number of sulfonamides is 1. The number of piperazine rings is 1. The molecule has 0 saturated carbocycles. The van der Waals surface area contributed by atoms with Crippen LogP contribution in [0.5, 0.6) is 0 Å². The summed E-state index contributed by atoms with van der Waals surface area (Å²) in [6.45, 7) is 8.91. The summed E-state index contributed by atoms with van der Waals surface area (Å²) in [6, 6.07) is 7.46. The van der Waals surface area contributed by atoms with Crippen LogP contribution < -0.4 is 5.32 Å². The van der Waals surface area contributed by atoms with Crippen molar-refractivity contribution in [3.05, 3.63) is 58.5 Å². The molecule has 10 heteroatoms. The molecule has 0 unspecified atom stereocenters. The monoisotopic (exact) mass is 490 g/mol. The zero-order chi connectivity index (χ0) is 24.6. The fourth-order valence-corrected chi connectivity index (χ4v) is 5.43. The van der Waals surface area contributed by atoms with Gasteiger partial charge < -0.3 is 15.0 Å². The van der Waals surface area contributed by atoms with Crippen LogP contribution in [0, 0.1) is 0 Å². The van der Waals surface area contributed by atoms with Crippen molar-refractivity contribution in [1.82, 2.24) is 19.4 Å². The highest BCUT2D eigenvalue weighted by Crippen LogP contribution is 2.16. The summed E-state index contributed by atoms with van der Waals surface area (Å²) in [6.07, 6.45) is 4.72. The Morgan fingerprint density at radius 3 is 2.26 bits per heavy atom. The van der Waals surface area contributed by atoms with E-state index in [2.05, 4.69) is 10.2 Å². The number of rotatable bonds is 8. The maximum absolute atomic E-state index is 12.7. The van der Waals surface area contributed by atoms with E-state index in [1.807, 2.05) is 17.0 Å². The molecule has 1 aromatic rings. The zero-order valence-electron chi connectivity index (χ0n) is 19.9. The minimum Gasteiger partial charge on any atom is -0.379 e. The number of benzene rings is 1. The first-order chi connectivity index (χ1) is 16.3. The second-order valence-electron chi connectivity index (χ2n) is 8.30. The maximum Gasteiger partial charge on any atom is 0.251 e. The molecule has 2 aliphatic heterocycles. The number of nitrogens with zero attached hydrogens (tertiary/aromatic N) is 3. The molecule has 3 rings (SSSR count). The molecule has 1 aromatic carbocycles. The van der Waals surface area contributed by atoms with Gasteiger partial charge in [0.25, 0.3) is 5.91 Å². The number of nitrogens with one attached hydrogen (secondary N) is 1. The van der Waals surface area contributed by atoms with Crippen LogP contribution in [-0.4, -0.2) is 93.4 Å². The topological polar surface area (TPSA) is 99.3 Å². The standard InChI is InChI=1S/C24H34N4O5S/c1-3-23(34(31,32)28-15-17-33-18-16-28)5-4-10-25-24(30)22-8-6-21(7-9-22)19-26-11-13-27(14-12-26)20(2)29/h3-9H,10-19H2,1-2H3,(H,25,30). The molecule has 2 aliphatic rings. The van der Waals surface area contributed by atoms with Gasteiger partial charge in [-0.2, -0.15) is 4.31 Å². The average Bonchev–Trinajstić information content (AvgIpc) is 2.85. The predicted octanol–water partition coefficient (Wildman–Crippen LogP) is 1.20. The molecule has 0 spiro atoms. The molecule has 2 fully saturated rings. The molecule has 1 N–H and O–H groups in total. The van der Waals surface area contributed by atoms with Crippen LogP contribution in [-0.2, 0) is 26.1 Å². The smallest absolute Gasteiger partial charge is 0.251 e. The molecule has 34 heavy (non-hydrogen) atoms. The Labute approximate surface area is 202 Å². The molecule has 186 valence electrons. The molecule has 0 bridgehead atoms. The van der Waals surface area contributed by atoms with Crippen molar-refractivity contribution >= 4 is 21.8 Å². The highest BCUT2D eigenvalue weighted by atomic mass is 32.2. The minimum absolute atomic E-state index is 0.116. The van der Waals surface area contributed by atoms with Gasteiger partial charge in [-0.3, -0.25) is 14.5 Å². The van der Waals surface area contributed by atoms with E-state index < -0.39 is 10.0 Å². The lowest BCUT2D eigenvalue weighted by atomic mass is 10.1. The lowest BCUT2D eigenvalue weighted by molar-refractivity contribution is -0.130. The van der Waals surface area contributed by atoms with Crippen LogP contribution in [0.4, 0.5) is 0 Å². The van der Waals surface area contributed by atoms with Crippen LogP contribution in [0.2, 0.25) is 0 Å². The summed E-state index contributed by atoms with van der Waals surface area (Å²) in [5.41, 5.74) is 1.66. The van der Waals surface area contributed by atoms with Crippen molar-refractivity contribution in [3.8, 4) is 0 Å². The van der Waals surface area contributed by atoms with Crippen LogP contribution in [0.1, 0.15) is 29.8 Å². The molecular formula is C24H34N4O5S. The van der Waals surface area contributed by atoms with Gasteiger partial charge in [0.15, 0.2) is 0 Å². The number of carbonyl (C=O) groups excluding carboxylic acids is 2. The highest BCUT2D eigenvalue weighted by Gasteiger charge is 2.26. The average molecular weight is 491 g/mol. The Hall–Kier alpha value is -2.53. The number of carbonyl (C=O) groups is 2. The summed E-state index contributed by atoms with van der Waals surface area (Å²) < 4.78 is 32.1. The highest BCUT2D eigenvalue weighted by molar-refractivity contribution is 7.93. The second kappa shape index (κ2) is 12.3. The number of ether oxygens (including phenoxy) is 1. The van der Waals surface area contributed by atoms with E-state index in [9.17, 15) is 18.0 Å². The first-order valence-electron chi connectivity index (χ1n) is 11.6. The fraction of sp³-hybridized carbons (Fsp3) is 0.500. The molecule has 0 aliphatic carbocycles. The largest absolute Gasteiger partial charge is 0.379 e. The summed E-state index contributed by atoms with van der Waals surface area (Å²) in [7, 11) is -3.56. The molecular weight excluding hydrogens is 456 g/mol. The number of allylic oxidation sites excluding steroid dienone is 2. The van der Waals surface area contributed by atoms with Crippen molar-refractivity contribution in [2.24, 2.45) is 0 Å². The first kappa shape index (κ1) is 26.1. The number of morpholine rings is 1. The van der Waals surface area contributed by atoms with Crippen LogP contribution in [0.3, 0.4) is 0 Å². The Kier molecular flexibility index (Phi) is 9.40. The van der Waals surface area contributed by atoms with Gasteiger partial charge in [0.05, 0.1) is 18.1 Å². The van der Waals surface area contributed by atoms with Gasteiger partial charge >= 0.3 is 0 Å². The van der Waals surface area contributed by atoms with Crippen LogP contribution in [0.15, 0.2) is 47.4 Å². The molecule has 0 radical (unpaired) electrons. The van der Waals surface area contributed by atoms with E-state index in [0.717, 1.165) is 38.3 Å². The van der Waals surface area contributed by atoms with Gasteiger partial charge in [-0.05, 0) is 30.7 Å². The third kappa shape index (κ3) is 6.99. The van der Waals surface area contributed by atoms with Crippen molar-refractivity contribution in [2.45, 2.75) is 20.4 Å². The normalized spacial score (nSPS) is 18.9. The van der Waals surface area contributed by atoms with Crippen LogP contribution in [0.25, 0.3) is 0 Å². The van der Waals surface area contributed by atoms with E-state index in [-0.39, 0.29) is 23.3 Å². The summed E-state index contributed by atoms with van der Waals surface area (Å²) in [4.78, 5) is 28.3. The van der Waals surface area contributed by atoms with Gasteiger partial charge in [0.2, 0.25) is 15.9 Å². The van der Waals surface area contributed by atoms with E-state index in [4.69, 9.17) is 4.74 Å². The van der Waals surface area contributed by atoms with Crippen molar-refractivity contribution in [1.29, 1.82) is 0 Å². The third-order valence-electron chi connectivity index (χ3n) is 5.99. The molecule has 9 nitrogen and oxygen atoms in total. The predicted molar refractivity (Wildman–Crippen MR) is 131 cm³/mol. The van der Waals surface area contributed by atoms with E-state index in [1.54, 1.807) is 38.1 Å². The van der Waals surface area contributed by atoms with Gasteiger partial charge in [0.1, 0.15) is 0 Å². The SMILES string of the molecule is CC=C(C=CCNC(=O)c1ccc(CN2CCN(C(C)=O)CC2)cc1)S(=O)(=O)N1CCOCC1. The first-order valence-corrected chi connectivity index (χ1v) is 13.0. The molecule has 0 atom stereocenters. The van der Waals surface area contributed by atoms with Gasteiger partial charge in [-0.15, -0.1) is 0 Å². The summed E-state index contributed by atoms with van der Waals surface area (Å²) in [5, 5.41) is 2.80. The van der Waals surface area contributed by atoms with E-state index in [1.165, 1.54) is 10.4 Å². The molecule has 2 amide bonds. The van der Waals surface area contributed by atoms with Gasteiger partial charge in [-0.25, -0.2) is 8.42 Å². The number of hydrogen-bond acceptors (Lipinski definition) is 6. The van der Waals surface area contributed by atoms with E-state index >= 15 is 0 Å². The fourth-order valence-electron chi connectivity index (χ4n) is 3.94. The summed E-state index contributed by atoms with van der Waals surface area (Å²) in [5.74, 6) is -0.102. The lowest BCUT2D eigenvalue weighted by Gasteiger charge is -2.34. The van der Waals surface area contributed by atoms with E-state index in [0.29, 0.717) is 31.9 Å². The Balaban J connectivity index is 1.46. The van der Waals surface area contributed by atoms with Crippen molar-refractivity contribution in [2.75, 3.05) is 59.0 Å². The Bertz CT molecular complexity index is 1010. The van der Waals surface area contributed by atoms with Crippen molar-refractivity contribution in [3.63, 3.8) is 0 Å². The summed E-state index contributed by atoms with van der Waals surface area (Å²) >= 11 is 0. The maximum atomic E-state index is 12.7. The molecule has 2 saturated heterocycles. The molecule has 0 aromatic heterocycles. The lowest BCUT2D eigenvalue weighted by Crippen LogP contribution is -2.47. The Morgan fingerprint density at radius 1 is 1.03 bits per heavy atom. The van der Waals surface area contributed by atoms with Gasteiger partial charge in [0, 0.05) is 64.8 Å². The molecule has 2 heterocycles. The van der Waals surface area contributed by atoms with Crippen LogP contribution >= 0.6 is 0 Å². The Morgan fingerprint density at radius 2 is 1.68 bits per heavy atom. The number of hydrogen-bond donors (Lipinski definition) is 1. The van der Waals surface area contributed by atoms with Crippen molar-refractivity contribution < 1.29 is 22.7 Å². The number of amides is 2.